The highest BCUT2D eigenvalue weighted by molar-refractivity contribution is 6.36. The summed E-state index contributed by atoms with van der Waals surface area (Å²) in [5, 5.41) is 21.4. The number of hydrogen-bond acceptors (Lipinski definition) is 6. The van der Waals surface area contributed by atoms with E-state index in [0.717, 1.165) is 0 Å². The third-order valence-corrected chi connectivity index (χ3v) is 3.87. The van der Waals surface area contributed by atoms with Crippen molar-refractivity contribution < 1.29 is 19.6 Å². The maximum Gasteiger partial charge on any atom is 0.270 e. The molecule has 0 amide bonds. The predicted molar refractivity (Wildman–Crippen MR) is 92.5 cm³/mol. The van der Waals surface area contributed by atoms with Crippen LogP contribution in [0.2, 0.25) is 0 Å². The molecule has 0 spiro atoms. The molecule has 126 valence electrons. The largest absolute Gasteiger partial charge is 0.506 e. The molecule has 0 atom stereocenters. The number of carbonyl (C=O) groups excluding carboxylic acids is 1. The van der Waals surface area contributed by atoms with Gasteiger partial charge in [-0.05, 0) is 25.1 Å². The summed E-state index contributed by atoms with van der Waals surface area (Å²) in [4.78, 5) is 26.9. The summed E-state index contributed by atoms with van der Waals surface area (Å²) < 4.78 is 5.26. The number of Topliss-reactive ketones (excluding diaryl/α,β-unsaturated/α-hetero) is 1. The van der Waals surface area contributed by atoms with Crippen LogP contribution < -0.4 is 4.74 Å². The van der Waals surface area contributed by atoms with E-state index in [0.29, 0.717) is 17.0 Å². The second-order valence-corrected chi connectivity index (χ2v) is 5.40. The minimum absolute atomic E-state index is 0.0291. The lowest BCUT2D eigenvalue weighted by atomic mass is 10.0. The number of aliphatic imine (C=N–C) groups is 1. The van der Waals surface area contributed by atoms with Gasteiger partial charge in [-0.3, -0.25) is 14.9 Å². The van der Waals surface area contributed by atoms with Gasteiger partial charge in [0.25, 0.3) is 5.69 Å². The molecule has 0 aromatic heterocycles. The van der Waals surface area contributed by atoms with E-state index < -0.39 is 4.92 Å². The summed E-state index contributed by atoms with van der Waals surface area (Å²) in [6, 6.07) is 11.0. The standard InChI is InChI=1S/C18H14N2O5/c1-10(21)16-17(19-14-5-3-4-6-15(14)25-2)12-8-7-11(20(23)24)9-13(12)18(16)22/h3-9,22H,1-2H3. The molecule has 0 fully saturated rings. The predicted octanol–water partition coefficient (Wildman–Crippen LogP) is 3.60. The molecule has 0 saturated heterocycles. The van der Waals surface area contributed by atoms with Crippen LogP contribution in [0.1, 0.15) is 18.1 Å². The summed E-state index contributed by atoms with van der Waals surface area (Å²) in [6.07, 6.45) is 0. The fourth-order valence-corrected chi connectivity index (χ4v) is 2.72. The summed E-state index contributed by atoms with van der Waals surface area (Å²) in [7, 11) is 1.50. The molecule has 7 nitrogen and oxygen atoms in total. The number of non-ortho nitro benzene ring substituents is 1. The lowest BCUT2D eigenvalue weighted by Crippen LogP contribution is -2.08. The fourth-order valence-electron chi connectivity index (χ4n) is 2.72. The summed E-state index contributed by atoms with van der Waals surface area (Å²) in [6.45, 7) is 1.31. The molecular weight excluding hydrogens is 324 g/mol. The Morgan fingerprint density at radius 2 is 1.92 bits per heavy atom. The van der Waals surface area contributed by atoms with Crippen LogP contribution in [0.15, 0.2) is 53.0 Å². The number of nitrogens with zero attached hydrogens (tertiary/aromatic N) is 2. The Kier molecular flexibility index (Phi) is 4.06. The number of ketones is 1. The van der Waals surface area contributed by atoms with Crippen molar-refractivity contribution in [2.75, 3.05) is 7.11 Å². The van der Waals surface area contributed by atoms with Crippen molar-refractivity contribution >= 4 is 28.6 Å². The Bertz CT molecular complexity index is 960. The molecule has 0 saturated carbocycles. The van der Waals surface area contributed by atoms with E-state index in [9.17, 15) is 20.0 Å². The lowest BCUT2D eigenvalue weighted by molar-refractivity contribution is -0.384. The molecule has 1 aliphatic carbocycles. The van der Waals surface area contributed by atoms with Gasteiger partial charge >= 0.3 is 0 Å². The lowest BCUT2D eigenvalue weighted by Gasteiger charge is -2.07. The van der Waals surface area contributed by atoms with Crippen LogP contribution in [0.25, 0.3) is 5.76 Å². The van der Waals surface area contributed by atoms with Gasteiger partial charge in [-0.25, -0.2) is 4.99 Å². The van der Waals surface area contributed by atoms with Gasteiger partial charge in [-0.1, -0.05) is 12.1 Å². The molecule has 0 heterocycles. The van der Waals surface area contributed by atoms with Crippen molar-refractivity contribution in [3.63, 3.8) is 0 Å². The summed E-state index contributed by atoms with van der Waals surface area (Å²) in [5.41, 5.74) is 1.28. The monoisotopic (exact) mass is 338 g/mol. The van der Waals surface area contributed by atoms with Crippen LogP contribution in [0.5, 0.6) is 5.75 Å². The first kappa shape index (κ1) is 16.4. The molecule has 0 unspecified atom stereocenters. The zero-order valence-corrected chi connectivity index (χ0v) is 13.5. The molecule has 2 aromatic rings. The van der Waals surface area contributed by atoms with Crippen molar-refractivity contribution in [1.29, 1.82) is 0 Å². The molecule has 0 radical (unpaired) electrons. The first-order valence-corrected chi connectivity index (χ1v) is 7.39. The minimum Gasteiger partial charge on any atom is -0.506 e. The highest BCUT2D eigenvalue weighted by atomic mass is 16.6. The average molecular weight is 338 g/mol. The van der Waals surface area contributed by atoms with Crippen molar-refractivity contribution in [1.82, 2.24) is 0 Å². The van der Waals surface area contributed by atoms with E-state index in [4.69, 9.17) is 4.74 Å². The van der Waals surface area contributed by atoms with Gasteiger partial charge in [0.15, 0.2) is 5.78 Å². The normalized spacial score (nSPS) is 14.6. The van der Waals surface area contributed by atoms with Crippen molar-refractivity contribution in [3.8, 4) is 5.75 Å². The number of benzene rings is 2. The highest BCUT2D eigenvalue weighted by Crippen LogP contribution is 2.37. The second-order valence-electron chi connectivity index (χ2n) is 5.40. The van der Waals surface area contributed by atoms with E-state index in [1.807, 2.05) is 0 Å². The maximum absolute atomic E-state index is 12.0. The maximum atomic E-state index is 12.0. The quantitative estimate of drug-likeness (QED) is 0.678. The molecule has 2 aromatic carbocycles. The summed E-state index contributed by atoms with van der Waals surface area (Å²) in [5.74, 6) is -0.183. The molecule has 3 rings (SSSR count). The van der Waals surface area contributed by atoms with Gasteiger partial charge in [0, 0.05) is 23.3 Å². The van der Waals surface area contributed by atoms with Gasteiger partial charge in [0.05, 0.1) is 23.3 Å². The number of allylic oxidation sites excluding steroid dienone is 1. The first-order chi connectivity index (χ1) is 11.9. The van der Waals surface area contributed by atoms with Crippen molar-refractivity contribution in [2.45, 2.75) is 6.92 Å². The van der Waals surface area contributed by atoms with Crippen LogP contribution in [-0.4, -0.2) is 28.6 Å². The third kappa shape index (κ3) is 2.76. The number of methoxy groups -OCH3 is 1. The first-order valence-electron chi connectivity index (χ1n) is 7.39. The highest BCUT2D eigenvalue weighted by Gasteiger charge is 2.32. The van der Waals surface area contributed by atoms with Gasteiger partial charge in [-0.15, -0.1) is 0 Å². The summed E-state index contributed by atoms with van der Waals surface area (Å²) >= 11 is 0. The smallest absolute Gasteiger partial charge is 0.270 e. The Hall–Kier alpha value is -3.48. The number of hydrogen-bond donors (Lipinski definition) is 1. The van der Waals surface area contributed by atoms with E-state index in [-0.39, 0.29) is 34.1 Å². The van der Waals surface area contributed by atoms with Gasteiger partial charge < -0.3 is 9.84 Å². The van der Waals surface area contributed by atoms with E-state index in [2.05, 4.69) is 4.99 Å². The van der Waals surface area contributed by atoms with Gasteiger partial charge in [0.2, 0.25) is 0 Å². The van der Waals surface area contributed by atoms with Crippen LogP contribution in [0, 0.1) is 10.1 Å². The number of nitro benzene ring substituents is 1. The molecule has 0 aliphatic heterocycles. The van der Waals surface area contributed by atoms with Crippen molar-refractivity contribution in [3.05, 3.63) is 69.3 Å². The number of aliphatic hydroxyl groups excluding tert-OH is 1. The zero-order chi connectivity index (χ0) is 18.1. The molecule has 25 heavy (non-hydrogen) atoms. The van der Waals surface area contributed by atoms with Crippen molar-refractivity contribution in [2.24, 2.45) is 4.99 Å². The molecule has 7 heteroatoms. The number of rotatable bonds is 4. The Morgan fingerprint density at radius 1 is 1.20 bits per heavy atom. The van der Waals surface area contributed by atoms with E-state index in [1.54, 1.807) is 24.3 Å². The number of aliphatic hydroxyl groups is 1. The number of carbonyl (C=O) groups is 1. The van der Waals surface area contributed by atoms with Crippen LogP contribution in [0.4, 0.5) is 11.4 Å². The Labute approximate surface area is 143 Å². The zero-order valence-electron chi connectivity index (χ0n) is 13.5. The second kappa shape index (κ2) is 6.20. The third-order valence-electron chi connectivity index (χ3n) is 3.87. The van der Waals surface area contributed by atoms with Crippen LogP contribution >= 0.6 is 0 Å². The van der Waals surface area contributed by atoms with E-state index >= 15 is 0 Å². The topological polar surface area (TPSA) is 102 Å². The average Bonchev–Trinajstić information content (AvgIpc) is 2.87. The van der Waals surface area contributed by atoms with Crippen LogP contribution in [0.3, 0.4) is 0 Å². The fraction of sp³-hybridized carbons (Fsp3) is 0.111. The number of nitro groups is 1. The minimum atomic E-state index is -0.559. The molecule has 0 bridgehead atoms. The van der Waals surface area contributed by atoms with Gasteiger partial charge in [0.1, 0.15) is 17.2 Å². The molecule has 1 aliphatic rings. The van der Waals surface area contributed by atoms with Gasteiger partial charge in [-0.2, -0.15) is 0 Å². The SMILES string of the molecule is COc1ccccc1N=C1C(C(C)=O)=C(O)c2cc([N+](=O)[O-])ccc21. The van der Waals surface area contributed by atoms with E-state index in [1.165, 1.54) is 32.2 Å². The molecular formula is C18H14N2O5. The Balaban J connectivity index is 2.25. The number of para-hydroxylation sites is 2. The number of ether oxygens (including phenoxy) is 1. The molecule has 1 N–H and O–H groups in total. The number of fused-ring (bicyclic) bond motifs is 1. The van der Waals surface area contributed by atoms with Crippen LogP contribution in [-0.2, 0) is 4.79 Å². The Morgan fingerprint density at radius 3 is 2.56 bits per heavy atom.